The van der Waals surface area contributed by atoms with Gasteiger partial charge in [-0.3, -0.25) is 15.0 Å². The number of nitrogen functional groups attached to an aromatic ring is 1. The van der Waals surface area contributed by atoms with Gasteiger partial charge in [0.1, 0.15) is 11.6 Å². The zero-order valence-corrected chi connectivity index (χ0v) is 21.4. The topological polar surface area (TPSA) is 155 Å². The standard InChI is InChI=1S/C29H30N4O5/c1-5-17-12-23(28(35)33-20-9-6-18(7-10-20)26(30)31)22(14-25(17)38-4)21-11-8-19(13-24(21)29(36)37)27(34)32-15-16(2)3/h5-14,16H,1,15H2,2-4H3,(H3,30,31)(H,32,34)(H,33,35)(H,36,37). The van der Waals surface area contributed by atoms with Crippen LogP contribution in [0.1, 0.15) is 56.0 Å². The van der Waals surface area contributed by atoms with Crippen molar-refractivity contribution in [3.05, 3.63) is 89.0 Å². The number of carboxylic acids is 1. The lowest BCUT2D eigenvalue weighted by molar-refractivity contribution is 0.0697. The third-order valence-corrected chi connectivity index (χ3v) is 5.76. The molecule has 0 aliphatic rings. The number of methoxy groups -OCH3 is 1. The third-order valence-electron chi connectivity index (χ3n) is 5.76. The summed E-state index contributed by atoms with van der Waals surface area (Å²) in [7, 11) is 1.46. The molecule has 196 valence electrons. The molecule has 3 aromatic carbocycles. The van der Waals surface area contributed by atoms with Crippen molar-refractivity contribution in [1.29, 1.82) is 5.41 Å². The molecule has 3 aromatic rings. The molecule has 3 rings (SSSR count). The molecule has 0 saturated heterocycles. The number of anilines is 1. The summed E-state index contributed by atoms with van der Waals surface area (Å²) in [5.74, 6) is -1.62. The molecule has 9 nitrogen and oxygen atoms in total. The molecule has 0 bridgehead atoms. The number of carbonyl (C=O) groups excluding carboxylic acids is 2. The van der Waals surface area contributed by atoms with Gasteiger partial charge in [-0.1, -0.05) is 32.6 Å². The Morgan fingerprint density at radius 1 is 1.00 bits per heavy atom. The van der Waals surface area contributed by atoms with Gasteiger partial charge in [0.25, 0.3) is 11.8 Å². The van der Waals surface area contributed by atoms with Gasteiger partial charge >= 0.3 is 5.97 Å². The van der Waals surface area contributed by atoms with Gasteiger partial charge in [0, 0.05) is 34.5 Å². The van der Waals surface area contributed by atoms with Crippen molar-refractivity contribution in [2.75, 3.05) is 19.0 Å². The Hall–Kier alpha value is -4.92. The average molecular weight is 515 g/mol. The van der Waals surface area contributed by atoms with Crippen molar-refractivity contribution in [2.24, 2.45) is 11.7 Å². The molecular weight excluding hydrogens is 484 g/mol. The Morgan fingerprint density at radius 2 is 1.66 bits per heavy atom. The lowest BCUT2D eigenvalue weighted by Gasteiger charge is -2.17. The van der Waals surface area contributed by atoms with Gasteiger partial charge in [-0.05, 0) is 65.6 Å². The molecule has 0 atom stereocenters. The van der Waals surface area contributed by atoms with E-state index < -0.39 is 11.9 Å². The molecule has 2 amide bonds. The first-order chi connectivity index (χ1) is 18.0. The minimum atomic E-state index is -1.25. The van der Waals surface area contributed by atoms with Gasteiger partial charge in [-0.15, -0.1) is 0 Å². The molecule has 0 fully saturated rings. The number of nitrogens with one attached hydrogen (secondary N) is 3. The normalized spacial score (nSPS) is 10.5. The highest BCUT2D eigenvalue weighted by Crippen LogP contribution is 2.35. The first-order valence-corrected chi connectivity index (χ1v) is 11.8. The number of amides is 2. The van der Waals surface area contributed by atoms with Gasteiger partial charge in [0.15, 0.2) is 0 Å². The van der Waals surface area contributed by atoms with Crippen LogP contribution in [-0.2, 0) is 0 Å². The van der Waals surface area contributed by atoms with Crippen LogP contribution in [-0.4, -0.2) is 42.4 Å². The molecule has 0 saturated carbocycles. The van der Waals surface area contributed by atoms with Gasteiger partial charge in [-0.2, -0.15) is 0 Å². The minimum Gasteiger partial charge on any atom is -0.496 e. The Kier molecular flexibility index (Phi) is 8.65. The fourth-order valence-corrected chi connectivity index (χ4v) is 3.77. The van der Waals surface area contributed by atoms with Crippen LogP contribution >= 0.6 is 0 Å². The van der Waals surface area contributed by atoms with Crippen molar-refractivity contribution in [1.82, 2.24) is 5.32 Å². The second kappa shape index (κ2) is 11.9. The molecule has 0 heterocycles. The summed E-state index contributed by atoms with van der Waals surface area (Å²) < 4.78 is 5.46. The predicted octanol–water partition coefficient (Wildman–Crippen LogP) is 4.63. The summed E-state index contributed by atoms with van der Waals surface area (Å²) in [5, 5.41) is 23.1. The molecule has 0 unspecified atom stereocenters. The molecule has 0 radical (unpaired) electrons. The van der Waals surface area contributed by atoms with Gasteiger partial charge < -0.3 is 26.2 Å². The number of amidine groups is 1. The maximum Gasteiger partial charge on any atom is 0.336 e. The first kappa shape index (κ1) is 27.7. The number of benzene rings is 3. The molecule has 38 heavy (non-hydrogen) atoms. The highest BCUT2D eigenvalue weighted by molar-refractivity contribution is 6.11. The zero-order chi connectivity index (χ0) is 28.0. The van der Waals surface area contributed by atoms with E-state index in [-0.39, 0.29) is 39.9 Å². The zero-order valence-electron chi connectivity index (χ0n) is 21.4. The van der Waals surface area contributed by atoms with Crippen LogP contribution in [0.2, 0.25) is 0 Å². The van der Waals surface area contributed by atoms with E-state index >= 15 is 0 Å². The summed E-state index contributed by atoms with van der Waals surface area (Å²) in [6, 6.07) is 13.9. The lowest BCUT2D eigenvalue weighted by Crippen LogP contribution is -2.27. The molecule has 0 aromatic heterocycles. The van der Waals surface area contributed by atoms with Gasteiger partial charge in [0.2, 0.25) is 0 Å². The number of hydrogen-bond donors (Lipinski definition) is 5. The van der Waals surface area contributed by atoms with E-state index in [1.807, 2.05) is 13.8 Å². The third kappa shape index (κ3) is 6.25. The summed E-state index contributed by atoms with van der Waals surface area (Å²) in [4.78, 5) is 38.3. The number of rotatable bonds is 10. The van der Waals surface area contributed by atoms with Crippen LogP contribution in [0.5, 0.6) is 5.75 Å². The van der Waals surface area contributed by atoms with Gasteiger partial charge in [-0.25, -0.2) is 4.79 Å². The van der Waals surface area contributed by atoms with E-state index in [0.717, 1.165) is 0 Å². The smallest absolute Gasteiger partial charge is 0.336 e. The number of nitrogens with two attached hydrogens (primary N) is 1. The van der Waals surface area contributed by atoms with E-state index in [4.69, 9.17) is 15.9 Å². The highest BCUT2D eigenvalue weighted by Gasteiger charge is 2.22. The van der Waals surface area contributed by atoms with Crippen LogP contribution in [0.25, 0.3) is 17.2 Å². The number of carbonyl (C=O) groups is 3. The van der Waals surface area contributed by atoms with Crippen molar-refractivity contribution in [3.63, 3.8) is 0 Å². The van der Waals surface area contributed by atoms with Crippen LogP contribution in [0, 0.1) is 11.3 Å². The Balaban J connectivity index is 2.11. The van der Waals surface area contributed by atoms with Crippen molar-refractivity contribution in [3.8, 4) is 16.9 Å². The van der Waals surface area contributed by atoms with Crippen LogP contribution in [0.15, 0.2) is 61.2 Å². The Bertz CT molecular complexity index is 1410. The minimum absolute atomic E-state index is 0.0986. The van der Waals surface area contributed by atoms with E-state index in [1.165, 1.54) is 31.4 Å². The molecule has 0 aliphatic carbocycles. The number of ether oxygens (including phenoxy) is 1. The molecular formula is C29H30N4O5. The Labute approximate surface area is 220 Å². The summed E-state index contributed by atoms with van der Waals surface area (Å²) >= 11 is 0. The fraction of sp³-hybridized carbons (Fsp3) is 0.172. The predicted molar refractivity (Wildman–Crippen MR) is 148 cm³/mol. The summed E-state index contributed by atoms with van der Waals surface area (Å²) in [6.07, 6.45) is 1.53. The van der Waals surface area contributed by atoms with E-state index in [2.05, 4.69) is 17.2 Å². The number of aromatic carboxylic acids is 1. The van der Waals surface area contributed by atoms with Crippen molar-refractivity contribution >= 4 is 35.4 Å². The number of hydrogen-bond acceptors (Lipinski definition) is 5. The quantitative estimate of drug-likeness (QED) is 0.196. The molecule has 9 heteroatoms. The fourth-order valence-electron chi connectivity index (χ4n) is 3.77. The summed E-state index contributed by atoms with van der Waals surface area (Å²) in [5.41, 5.74) is 7.77. The Morgan fingerprint density at radius 3 is 2.21 bits per heavy atom. The summed E-state index contributed by atoms with van der Waals surface area (Å²) in [6.45, 7) is 8.13. The average Bonchev–Trinajstić information content (AvgIpc) is 2.90. The molecule has 0 spiro atoms. The van der Waals surface area contributed by atoms with Crippen LogP contribution < -0.4 is 21.1 Å². The highest BCUT2D eigenvalue weighted by atomic mass is 16.5. The second-order valence-corrected chi connectivity index (χ2v) is 8.96. The maximum atomic E-state index is 13.4. The van der Waals surface area contributed by atoms with E-state index in [1.54, 1.807) is 36.4 Å². The van der Waals surface area contributed by atoms with Gasteiger partial charge in [0.05, 0.1) is 12.7 Å². The lowest BCUT2D eigenvalue weighted by atomic mass is 9.91. The number of carboxylic acid groups (broad SMARTS) is 1. The second-order valence-electron chi connectivity index (χ2n) is 8.96. The SMILES string of the molecule is C=Cc1cc(C(=O)Nc2ccc(C(=N)N)cc2)c(-c2ccc(C(=O)NCC(C)C)cc2C(=O)O)cc1OC. The van der Waals surface area contributed by atoms with Crippen molar-refractivity contribution in [2.45, 2.75) is 13.8 Å². The monoisotopic (exact) mass is 514 g/mol. The molecule has 6 N–H and O–H groups in total. The largest absolute Gasteiger partial charge is 0.496 e. The molecule has 0 aliphatic heterocycles. The van der Waals surface area contributed by atoms with E-state index in [0.29, 0.717) is 34.7 Å². The maximum absolute atomic E-state index is 13.4. The first-order valence-electron chi connectivity index (χ1n) is 11.8. The van der Waals surface area contributed by atoms with Crippen LogP contribution in [0.4, 0.5) is 5.69 Å². The van der Waals surface area contributed by atoms with E-state index in [9.17, 15) is 19.5 Å². The van der Waals surface area contributed by atoms with Crippen LogP contribution in [0.3, 0.4) is 0 Å². The van der Waals surface area contributed by atoms with Crippen molar-refractivity contribution < 1.29 is 24.2 Å².